The van der Waals surface area contributed by atoms with E-state index in [-0.39, 0.29) is 18.2 Å². The van der Waals surface area contributed by atoms with Gasteiger partial charge in [0.25, 0.3) is 5.91 Å². The molecule has 1 saturated heterocycles. The van der Waals surface area contributed by atoms with Crippen LogP contribution in [0.3, 0.4) is 0 Å². The third-order valence-corrected chi connectivity index (χ3v) is 7.62. The van der Waals surface area contributed by atoms with Crippen LogP contribution in [0.15, 0.2) is 53.9 Å². The smallest absolute Gasteiger partial charge is 0.407 e. The van der Waals surface area contributed by atoms with Crippen LogP contribution in [0.25, 0.3) is 11.1 Å². The van der Waals surface area contributed by atoms with Crippen LogP contribution in [-0.2, 0) is 9.53 Å². The summed E-state index contributed by atoms with van der Waals surface area (Å²) in [5.41, 5.74) is 4.79. The van der Waals surface area contributed by atoms with E-state index in [2.05, 4.69) is 34.6 Å². The number of aliphatic carboxylic acids is 1. The number of benzene rings is 2. The highest BCUT2D eigenvalue weighted by Crippen LogP contribution is 2.44. The Morgan fingerprint density at radius 1 is 1.14 bits per heavy atom. The van der Waals surface area contributed by atoms with Crippen LogP contribution in [0.4, 0.5) is 4.79 Å². The Labute approximate surface area is 206 Å². The van der Waals surface area contributed by atoms with Gasteiger partial charge in [-0.1, -0.05) is 48.5 Å². The second-order valence-electron chi connectivity index (χ2n) is 8.76. The Balaban J connectivity index is 1.21. The number of aromatic nitrogens is 1. The van der Waals surface area contributed by atoms with Gasteiger partial charge in [0.05, 0.1) is 6.04 Å². The molecular formula is C26H25N3O5S. The van der Waals surface area contributed by atoms with Crippen molar-refractivity contribution in [2.24, 2.45) is 0 Å². The molecule has 1 aliphatic heterocycles. The topological polar surface area (TPSA) is 109 Å². The average molecular weight is 492 g/mol. The number of rotatable bonds is 6. The molecule has 0 saturated carbocycles. The molecule has 0 bridgehead atoms. The number of nitrogens with zero attached hydrogens (tertiary/aromatic N) is 2. The van der Waals surface area contributed by atoms with Crippen molar-refractivity contribution >= 4 is 29.3 Å². The highest BCUT2D eigenvalue weighted by Gasteiger charge is 2.35. The summed E-state index contributed by atoms with van der Waals surface area (Å²) >= 11 is 1.24. The highest BCUT2D eigenvalue weighted by atomic mass is 32.1. The molecule has 8 nitrogen and oxygen atoms in total. The number of carboxylic acids is 1. The number of hydrogen-bond donors (Lipinski definition) is 2. The van der Waals surface area contributed by atoms with Gasteiger partial charge in [0.15, 0.2) is 0 Å². The fourth-order valence-corrected chi connectivity index (χ4v) is 5.68. The molecule has 1 aromatic heterocycles. The third kappa shape index (κ3) is 4.39. The van der Waals surface area contributed by atoms with Crippen molar-refractivity contribution in [3.05, 3.63) is 75.7 Å². The lowest BCUT2D eigenvalue weighted by Crippen LogP contribution is -2.40. The van der Waals surface area contributed by atoms with E-state index in [0.29, 0.717) is 24.4 Å². The van der Waals surface area contributed by atoms with Crippen molar-refractivity contribution in [3.8, 4) is 11.1 Å². The van der Waals surface area contributed by atoms with Crippen molar-refractivity contribution in [2.75, 3.05) is 13.2 Å². The fraction of sp³-hybridized carbons (Fsp3) is 0.308. The zero-order valence-electron chi connectivity index (χ0n) is 19.1. The zero-order valence-corrected chi connectivity index (χ0v) is 20.0. The molecular weight excluding hydrogens is 466 g/mol. The summed E-state index contributed by atoms with van der Waals surface area (Å²) in [5, 5.41) is 14.3. The number of amides is 2. The Hall–Kier alpha value is -3.72. The van der Waals surface area contributed by atoms with Gasteiger partial charge >= 0.3 is 12.1 Å². The standard InChI is InChI=1S/C26H25N3O5S/c1-15(23-28-21(14-35-23)24(30)29-12-6-11-22(29)25(31)32)27-26(33)34-13-20-18-9-4-2-7-16(18)17-8-3-5-10-19(17)20/h2-5,7-10,14-15,20,22H,6,11-13H2,1H3,(H,27,33)(H,31,32)/t15?,22-/m1/s1. The summed E-state index contributed by atoms with van der Waals surface area (Å²) in [6, 6.07) is 15.0. The Kier molecular flexibility index (Phi) is 6.25. The lowest BCUT2D eigenvalue weighted by Gasteiger charge is -2.20. The Bertz CT molecular complexity index is 1240. The van der Waals surface area contributed by atoms with E-state index < -0.39 is 30.1 Å². The molecule has 2 atom stereocenters. The van der Waals surface area contributed by atoms with E-state index in [1.54, 1.807) is 12.3 Å². The molecule has 2 heterocycles. The molecule has 9 heteroatoms. The van der Waals surface area contributed by atoms with Crippen LogP contribution in [0, 0.1) is 0 Å². The summed E-state index contributed by atoms with van der Waals surface area (Å²) in [4.78, 5) is 42.5. The quantitative estimate of drug-likeness (QED) is 0.528. The molecule has 1 fully saturated rings. The second-order valence-corrected chi connectivity index (χ2v) is 9.65. The van der Waals surface area contributed by atoms with Gasteiger partial charge in [0, 0.05) is 17.8 Å². The molecule has 0 spiro atoms. The van der Waals surface area contributed by atoms with E-state index in [4.69, 9.17) is 4.74 Å². The first-order chi connectivity index (χ1) is 16.9. The first-order valence-electron chi connectivity index (χ1n) is 11.5. The minimum absolute atomic E-state index is 0.0322. The maximum atomic E-state index is 12.8. The lowest BCUT2D eigenvalue weighted by atomic mass is 9.98. The summed E-state index contributed by atoms with van der Waals surface area (Å²) in [5.74, 6) is -1.43. The number of hydrogen-bond acceptors (Lipinski definition) is 6. The van der Waals surface area contributed by atoms with Crippen LogP contribution in [0.1, 0.15) is 58.3 Å². The SMILES string of the molecule is CC(NC(=O)OCC1c2ccccc2-c2ccccc21)c1nc(C(=O)N2CCC[C@@H]2C(=O)O)cs1. The maximum Gasteiger partial charge on any atom is 0.407 e. The van der Waals surface area contributed by atoms with Gasteiger partial charge in [-0.25, -0.2) is 14.6 Å². The molecule has 2 aliphatic rings. The van der Waals surface area contributed by atoms with Gasteiger partial charge in [-0.2, -0.15) is 0 Å². The fourth-order valence-electron chi connectivity index (χ4n) is 4.88. The minimum atomic E-state index is -1.00. The van der Waals surface area contributed by atoms with Crippen LogP contribution >= 0.6 is 11.3 Å². The summed E-state index contributed by atoms with van der Waals surface area (Å²) < 4.78 is 5.59. The second kappa shape index (κ2) is 9.50. The Morgan fingerprint density at radius 2 is 1.80 bits per heavy atom. The number of nitrogens with one attached hydrogen (secondary N) is 1. The zero-order chi connectivity index (χ0) is 24.5. The number of carboxylic acid groups (broad SMARTS) is 1. The monoisotopic (exact) mass is 491 g/mol. The molecule has 2 N–H and O–H groups in total. The summed E-state index contributed by atoms with van der Waals surface area (Å²) in [7, 11) is 0. The van der Waals surface area contributed by atoms with Gasteiger partial charge in [-0.15, -0.1) is 11.3 Å². The average Bonchev–Trinajstić information content (AvgIpc) is 3.60. The molecule has 3 aromatic rings. The highest BCUT2D eigenvalue weighted by molar-refractivity contribution is 7.09. The summed E-state index contributed by atoms with van der Waals surface area (Å²) in [6.07, 6.45) is 0.532. The molecule has 2 amide bonds. The largest absolute Gasteiger partial charge is 0.480 e. The van der Waals surface area contributed by atoms with Gasteiger partial charge in [0.2, 0.25) is 0 Å². The van der Waals surface area contributed by atoms with E-state index in [9.17, 15) is 19.5 Å². The number of fused-ring (bicyclic) bond motifs is 3. The first-order valence-corrected chi connectivity index (χ1v) is 12.4. The first kappa shape index (κ1) is 23.0. The number of alkyl carbamates (subject to hydrolysis) is 1. The predicted octanol–water partition coefficient (Wildman–Crippen LogP) is 4.43. The number of ether oxygens (including phenoxy) is 1. The third-order valence-electron chi connectivity index (χ3n) is 6.59. The van der Waals surface area contributed by atoms with Crippen LogP contribution in [0.2, 0.25) is 0 Å². The minimum Gasteiger partial charge on any atom is -0.480 e. The number of carbonyl (C=O) groups is 3. The molecule has 180 valence electrons. The Morgan fingerprint density at radius 3 is 2.46 bits per heavy atom. The van der Waals surface area contributed by atoms with Crippen LogP contribution in [-0.4, -0.2) is 52.2 Å². The van der Waals surface area contributed by atoms with E-state index in [1.807, 2.05) is 24.3 Å². The molecule has 2 aromatic carbocycles. The molecule has 1 aliphatic carbocycles. The van der Waals surface area contributed by atoms with Gasteiger partial charge in [-0.3, -0.25) is 4.79 Å². The maximum absolute atomic E-state index is 12.8. The van der Waals surface area contributed by atoms with Gasteiger partial charge < -0.3 is 20.1 Å². The van der Waals surface area contributed by atoms with Gasteiger partial charge in [0.1, 0.15) is 23.4 Å². The van der Waals surface area contributed by atoms with Crippen molar-refractivity contribution in [1.29, 1.82) is 0 Å². The van der Waals surface area contributed by atoms with E-state index >= 15 is 0 Å². The predicted molar refractivity (Wildman–Crippen MR) is 130 cm³/mol. The summed E-state index contributed by atoms with van der Waals surface area (Å²) in [6.45, 7) is 2.38. The lowest BCUT2D eigenvalue weighted by molar-refractivity contribution is -0.141. The normalized spacial score (nSPS) is 17.5. The van der Waals surface area contributed by atoms with Crippen molar-refractivity contribution in [2.45, 2.75) is 37.8 Å². The molecule has 0 radical (unpaired) electrons. The molecule has 5 rings (SSSR count). The van der Waals surface area contributed by atoms with Crippen LogP contribution in [0.5, 0.6) is 0 Å². The molecule has 1 unspecified atom stereocenters. The van der Waals surface area contributed by atoms with E-state index in [0.717, 1.165) is 22.3 Å². The van der Waals surface area contributed by atoms with Crippen molar-refractivity contribution in [1.82, 2.24) is 15.2 Å². The van der Waals surface area contributed by atoms with E-state index in [1.165, 1.54) is 16.2 Å². The van der Waals surface area contributed by atoms with Crippen molar-refractivity contribution in [3.63, 3.8) is 0 Å². The molecule has 35 heavy (non-hydrogen) atoms. The number of carbonyl (C=O) groups excluding carboxylic acids is 2. The number of thiazole rings is 1. The van der Waals surface area contributed by atoms with Crippen molar-refractivity contribution < 1.29 is 24.2 Å². The number of likely N-dealkylation sites (tertiary alicyclic amines) is 1. The van der Waals surface area contributed by atoms with Crippen LogP contribution < -0.4 is 5.32 Å². The van der Waals surface area contributed by atoms with Gasteiger partial charge in [-0.05, 0) is 42.0 Å².